The summed E-state index contributed by atoms with van der Waals surface area (Å²) in [6.07, 6.45) is 2.75. The van der Waals surface area contributed by atoms with Crippen LogP contribution in [-0.4, -0.2) is 30.7 Å². The van der Waals surface area contributed by atoms with Gasteiger partial charge in [0.2, 0.25) is 0 Å². The fourth-order valence-electron chi connectivity index (χ4n) is 2.03. The monoisotopic (exact) mass is 139 g/mol. The lowest BCUT2D eigenvalue weighted by Gasteiger charge is -2.38. The summed E-state index contributed by atoms with van der Waals surface area (Å²) in [5.74, 6) is 0. The second-order valence-corrected chi connectivity index (χ2v) is 3.94. The number of hydrogen-bond donors (Lipinski definition) is 0. The third-order valence-corrected chi connectivity index (χ3v) is 2.88. The molecule has 10 heavy (non-hydrogen) atoms. The normalized spacial score (nSPS) is 36.6. The molecule has 0 amide bonds. The third kappa shape index (κ3) is 1.54. The molecule has 1 aliphatic heterocycles. The molecule has 1 heterocycles. The largest absolute Gasteiger partial charge is 0.302 e. The van der Waals surface area contributed by atoms with Crippen LogP contribution >= 0.6 is 0 Å². The molecule has 0 aromatic carbocycles. The molecule has 0 bridgehead atoms. The van der Waals surface area contributed by atoms with Crippen molar-refractivity contribution in [2.75, 3.05) is 7.05 Å². The lowest BCUT2D eigenvalue weighted by molar-refractivity contribution is 0.207. The van der Waals surface area contributed by atoms with E-state index in [0.717, 1.165) is 18.8 Å². The first-order valence-corrected chi connectivity index (χ1v) is 4.33. The van der Waals surface area contributed by atoms with Crippen molar-refractivity contribution < 1.29 is 0 Å². The van der Waals surface area contributed by atoms with Crippen molar-refractivity contribution in [3.8, 4) is 0 Å². The van der Waals surface area contributed by atoms with Crippen molar-refractivity contribution in [1.29, 1.82) is 0 Å². The Kier molecular flexibility index (Phi) is 2.40. The average molecular weight is 139 g/mol. The summed E-state index contributed by atoms with van der Waals surface area (Å²) in [6.45, 7) is 7.94. The predicted octanol–water partition coefficient (Wildman–Crippen LogP) is 1.83. The van der Waals surface area contributed by atoms with Crippen molar-refractivity contribution >= 4 is 6.71 Å². The minimum absolute atomic E-state index is 0.791. The highest BCUT2D eigenvalue weighted by molar-refractivity contribution is 6.57. The summed E-state index contributed by atoms with van der Waals surface area (Å²) >= 11 is 0. The van der Waals surface area contributed by atoms with Crippen LogP contribution in [0, 0.1) is 0 Å². The first-order valence-electron chi connectivity index (χ1n) is 4.33. The molecule has 58 valence electrons. The number of nitrogens with zero attached hydrogens (tertiary/aromatic N) is 1. The summed E-state index contributed by atoms with van der Waals surface area (Å²) in [5.41, 5.74) is 0. The number of rotatable bonds is 0. The van der Waals surface area contributed by atoms with Crippen LogP contribution in [0.2, 0.25) is 19.5 Å². The van der Waals surface area contributed by atoms with E-state index in [4.69, 9.17) is 0 Å². The van der Waals surface area contributed by atoms with Crippen LogP contribution in [0.25, 0.3) is 0 Å². The molecule has 0 aromatic rings. The van der Waals surface area contributed by atoms with E-state index in [9.17, 15) is 0 Å². The SMILES string of the molecule is CB1CC(C)N(C)C(C)C1. The van der Waals surface area contributed by atoms with Gasteiger partial charge in [0.15, 0.2) is 0 Å². The van der Waals surface area contributed by atoms with Gasteiger partial charge in [0.25, 0.3) is 0 Å². The molecule has 2 heteroatoms. The molecule has 1 nitrogen and oxygen atoms in total. The summed E-state index contributed by atoms with van der Waals surface area (Å²) < 4.78 is 0. The topological polar surface area (TPSA) is 3.24 Å². The molecule has 1 saturated heterocycles. The number of hydrogen-bond acceptors (Lipinski definition) is 1. The fraction of sp³-hybridized carbons (Fsp3) is 1.00. The van der Waals surface area contributed by atoms with E-state index in [0.29, 0.717) is 0 Å². The van der Waals surface area contributed by atoms with Crippen LogP contribution in [0.4, 0.5) is 0 Å². The smallest absolute Gasteiger partial charge is 0.139 e. The molecule has 2 unspecified atom stereocenters. The van der Waals surface area contributed by atoms with E-state index < -0.39 is 0 Å². The van der Waals surface area contributed by atoms with Gasteiger partial charge in [-0.25, -0.2) is 0 Å². The van der Waals surface area contributed by atoms with Crippen molar-refractivity contribution in [3.05, 3.63) is 0 Å². The van der Waals surface area contributed by atoms with Gasteiger partial charge in [0.1, 0.15) is 6.71 Å². The van der Waals surface area contributed by atoms with Crippen molar-refractivity contribution in [2.24, 2.45) is 0 Å². The zero-order valence-corrected chi connectivity index (χ0v) is 7.59. The van der Waals surface area contributed by atoms with Gasteiger partial charge in [-0.1, -0.05) is 33.3 Å². The van der Waals surface area contributed by atoms with E-state index in [-0.39, 0.29) is 0 Å². The highest BCUT2D eigenvalue weighted by Gasteiger charge is 2.26. The quantitative estimate of drug-likeness (QED) is 0.463. The summed E-state index contributed by atoms with van der Waals surface area (Å²) in [6, 6.07) is 1.58. The molecule has 0 aromatic heterocycles. The average Bonchev–Trinajstić information content (AvgIpc) is 1.82. The minimum atomic E-state index is 0.791. The summed E-state index contributed by atoms with van der Waals surface area (Å²) in [4.78, 5) is 2.49. The molecule has 1 fully saturated rings. The van der Waals surface area contributed by atoms with Crippen molar-refractivity contribution in [1.82, 2.24) is 4.90 Å². The highest BCUT2D eigenvalue weighted by atomic mass is 15.1. The molecule has 0 N–H and O–H groups in total. The Morgan fingerprint density at radius 2 is 1.60 bits per heavy atom. The van der Waals surface area contributed by atoms with Crippen LogP contribution < -0.4 is 0 Å². The second-order valence-electron chi connectivity index (χ2n) is 3.94. The van der Waals surface area contributed by atoms with Gasteiger partial charge in [-0.3, -0.25) is 0 Å². The van der Waals surface area contributed by atoms with E-state index in [1.54, 1.807) is 0 Å². The Morgan fingerprint density at radius 3 is 2.00 bits per heavy atom. The zero-order chi connectivity index (χ0) is 7.72. The maximum absolute atomic E-state index is 2.49. The van der Waals surface area contributed by atoms with Gasteiger partial charge in [-0.2, -0.15) is 0 Å². The Balaban J connectivity index is 2.49. The molecule has 1 rings (SSSR count). The lowest BCUT2D eigenvalue weighted by Crippen LogP contribution is -2.45. The Morgan fingerprint density at radius 1 is 1.20 bits per heavy atom. The molecule has 1 aliphatic rings. The van der Waals surface area contributed by atoms with Crippen LogP contribution in [0.1, 0.15) is 13.8 Å². The standard InChI is InChI=1S/C8H18BN/c1-7-5-9(3)6-8(2)10(7)4/h7-8H,5-6H2,1-4H3. The van der Waals surface area contributed by atoms with Gasteiger partial charge in [0.05, 0.1) is 0 Å². The van der Waals surface area contributed by atoms with Gasteiger partial charge >= 0.3 is 0 Å². The van der Waals surface area contributed by atoms with Crippen molar-refractivity contribution in [3.63, 3.8) is 0 Å². The molecular formula is C8H18BN. The van der Waals surface area contributed by atoms with Crippen LogP contribution in [0.15, 0.2) is 0 Å². The Labute approximate surface area is 64.9 Å². The van der Waals surface area contributed by atoms with E-state index >= 15 is 0 Å². The minimum Gasteiger partial charge on any atom is -0.302 e. The van der Waals surface area contributed by atoms with Crippen LogP contribution in [-0.2, 0) is 0 Å². The second kappa shape index (κ2) is 2.95. The third-order valence-electron chi connectivity index (χ3n) is 2.88. The molecular weight excluding hydrogens is 121 g/mol. The summed E-state index contributed by atoms with van der Waals surface area (Å²) in [5, 5.41) is 0. The van der Waals surface area contributed by atoms with Crippen molar-refractivity contribution in [2.45, 2.75) is 45.4 Å². The molecule has 0 saturated carbocycles. The highest BCUT2D eigenvalue weighted by Crippen LogP contribution is 2.21. The molecule has 0 spiro atoms. The van der Waals surface area contributed by atoms with E-state index in [2.05, 4.69) is 32.6 Å². The van der Waals surface area contributed by atoms with E-state index in [1.165, 1.54) is 12.6 Å². The first kappa shape index (κ1) is 8.12. The Hall–Kier alpha value is 0.0249. The summed E-state index contributed by atoms with van der Waals surface area (Å²) in [7, 11) is 2.24. The van der Waals surface area contributed by atoms with Crippen LogP contribution in [0.5, 0.6) is 0 Å². The van der Waals surface area contributed by atoms with E-state index in [1.807, 2.05) is 0 Å². The lowest BCUT2D eigenvalue weighted by atomic mass is 9.43. The maximum Gasteiger partial charge on any atom is 0.139 e. The van der Waals surface area contributed by atoms with Crippen LogP contribution in [0.3, 0.4) is 0 Å². The fourth-order valence-corrected chi connectivity index (χ4v) is 2.03. The first-order chi connectivity index (χ1) is 4.61. The molecule has 0 aliphatic carbocycles. The maximum atomic E-state index is 2.49. The van der Waals surface area contributed by atoms with Gasteiger partial charge < -0.3 is 4.90 Å². The van der Waals surface area contributed by atoms with Gasteiger partial charge in [-0.15, -0.1) is 0 Å². The predicted molar refractivity (Wildman–Crippen MR) is 47.9 cm³/mol. The van der Waals surface area contributed by atoms with Gasteiger partial charge in [-0.05, 0) is 7.05 Å². The Bertz CT molecular complexity index is 104. The molecule has 2 atom stereocenters. The zero-order valence-electron chi connectivity index (χ0n) is 7.59. The van der Waals surface area contributed by atoms with Gasteiger partial charge in [0, 0.05) is 12.1 Å². The molecule has 0 radical (unpaired) electrons.